The van der Waals surface area contributed by atoms with Gasteiger partial charge >= 0.3 is 0 Å². The van der Waals surface area contributed by atoms with E-state index in [1.807, 2.05) is 0 Å². The lowest BCUT2D eigenvalue weighted by atomic mass is 10.3. The minimum absolute atomic E-state index is 0.0110. The van der Waals surface area contributed by atoms with E-state index in [9.17, 15) is 13.2 Å². The maximum atomic E-state index is 12.2. The van der Waals surface area contributed by atoms with Crippen LogP contribution in [0, 0.1) is 0 Å². The Morgan fingerprint density at radius 3 is 2.60 bits per heavy atom. The molecule has 0 fully saturated rings. The van der Waals surface area contributed by atoms with Gasteiger partial charge in [-0.15, -0.1) is 10.2 Å². The van der Waals surface area contributed by atoms with E-state index in [2.05, 4.69) is 15.5 Å². The Hall–Kier alpha value is -2.20. The standard InChI is InChI=1S/C15H19N3O5S2/c1-4-9-25(20,21)15-18-17-14(24-15)16-13(19)10(2)23-12-8-6-5-7-11(12)22-3/h5-8,10H,4,9H2,1-3H3,(H,16,17,19). The lowest BCUT2D eigenvalue weighted by Gasteiger charge is -2.15. The number of nitrogens with zero attached hydrogens (tertiary/aromatic N) is 2. The first-order chi connectivity index (χ1) is 11.9. The molecule has 0 bridgehead atoms. The number of para-hydroxylation sites is 2. The van der Waals surface area contributed by atoms with Crippen molar-refractivity contribution in [2.24, 2.45) is 0 Å². The van der Waals surface area contributed by atoms with Crippen molar-refractivity contribution >= 4 is 32.2 Å². The van der Waals surface area contributed by atoms with Gasteiger partial charge in [-0.25, -0.2) is 8.42 Å². The zero-order valence-corrected chi connectivity index (χ0v) is 15.7. The van der Waals surface area contributed by atoms with Crippen LogP contribution in [0.4, 0.5) is 5.13 Å². The van der Waals surface area contributed by atoms with Gasteiger partial charge in [0.05, 0.1) is 12.9 Å². The minimum Gasteiger partial charge on any atom is -0.493 e. The molecule has 1 amide bonds. The largest absolute Gasteiger partial charge is 0.493 e. The van der Waals surface area contributed by atoms with E-state index in [1.165, 1.54) is 7.11 Å². The summed E-state index contributed by atoms with van der Waals surface area (Å²) >= 11 is 0.817. The molecule has 0 aliphatic rings. The van der Waals surface area contributed by atoms with Crippen LogP contribution < -0.4 is 14.8 Å². The number of amides is 1. The molecule has 8 nitrogen and oxygen atoms in total. The highest BCUT2D eigenvalue weighted by Gasteiger charge is 2.22. The van der Waals surface area contributed by atoms with E-state index >= 15 is 0 Å². The molecule has 1 aromatic carbocycles. The third-order valence-electron chi connectivity index (χ3n) is 3.12. The maximum absolute atomic E-state index is 12.2. The van der Waals surface area contributed by atoms with E-state index in [4.69, 9.17) is 9.47 Å². The van der Waals surface area contributed by atoms with E-state index in [0.29, 0.717) is 17.9 Å². The quantitative estimate of drug-likeness (QED) is 0.694. The van der Waals surface area contributed by atoms with Crippen molar-refractivity contribution in [3.63, 3.8) is 0 Å². The lowest BCUT2D eigenvalue weighted by molar-refractivity contribution is -0.122. The number of rotatable bonds is 8. The van der Waals surface area contributed by atoms with Crippen LogP contribution in [0.2, 0.25) is 0 Å². The van der Waals surface area contributed by atoms with Gasteiger partial charge in [0.2, 0.25) is 19.3 Å². The normalized spacial score (nSPS) is 12.4. The fourth-order valence-electron chi connectivity index (χ4n) is 1.91. The van der Waals surface area contributed by atoms with Gasteiger partial charge in [0.15, 0.2) is 17.6 Å². The first-order valence-corrected chi connectivity index (χ1v) is 10.0. The highest BCUT2D eigenvalue weighted by molar-refractivity contribution is 7.93. The van der Waals surface area contributed by atoms with E-state index in [-0.39, 0.29) is 15.2 Å². The van der Waals surface area contributed by atoms with Crippen molar-refractivity contribution < 1.29 is 22.7 Å². The van der Waals surface area contributed by atoms with Crippen LogP contribution in [0.25, 0.3) is 0 Å². The minimum atomic E-state index is -3.46. The molecule has 10 heteroatoms. The zero-order valence-electron chi connectivity index (χ0n) is 14.1. The molecule has 0 aliphatic carbocycles. The Kier molecular flexibility index (Phi) is 6.32. The number of nitrogens with one attached hydrogen (secondary N) is 1. The molecule has 0 aliphatic heterocycles. The third-order valence-corrected chi connectivity index (χ3v) is 6.32. The number of carbonyl (C=O) groups is 1. The molecule has 25 heavy (non-hydrogen) atoms. The number of hydrogen-bond donors (Lipinski definition) is 1. The summed E-state index contributed by atoms with van der Waals surface area (Å²) in [5.41, 5.74) is 0. The molecule has 1 unspecified atom stereocenters. The molecule has 1 atom stereocenters. The summed E-state index contributed by atoms with van der Waals surface area (Å²) in [7, 11) is -1.95. The Labute approximate surface area is 150 Å². The molecular formula is C15H19N3O5S2. The molecule has 0 radical (unpaired) electrons. The predicted octanol–water partition coefficient (Wildman–Crippen LogP) is 2.14. The number of sulfone groups is 1. The summed E-state index contributed by atoms with van der Waals surface area (Å²) in [4.78, 5) is 12.2. The first-order valence-electron chi connectivity index (χ1n) is 7.54. The molecule has 0 saturated heterocycles. The van der Waals surface area contributed by atoms with Crippen LogP contribution >= 0.6 is 11.3 Å². The fourth-order valence-corrected chi connectivity index (χ4v) is 4.26. The number of aromatic nitrogens is 2. The van der Waals surface area contributed by atoms with Gasteiger partial charge in [-0.2, -0.15) is 0 Å². The number of methoxy groups -OCH3 is 1. The summed E-state index contributed by atoms with van der Waals surface area (Å²) < 4.78 is 34.5. The van der Waals surface area contributed by atoms with Crippen LogP contribution in [-0.2, 0) is 14.6 Å². The smallest absolute Gasteiger partial charge is 0.266 e. The summed E-state index contributed by atoms with van der Waals surface area (Å²) in [6, 6.07) is 6.95. The van der Waals surface area contributed by atoms with Crippen LogP contribution in [-0.4, -0.2) is 43.5 Å². The monoisotopic (exact) mass is 385 g/mol. The molecule has 1 aromatic heterocycles. The summed E-state index contributed by atoms with van der Waals surface area (Å²) in [6.07, 6.45) is -0.358. The summed E-state index contributed by atoms with van der Waals surface area (Å²) in [5.74, 6) is 0.451. The lowest BCUT2D eigenvalue weighted by Crippen LogP contribution is -2.30. The molecule has 1 N–H and O–H groups in total. The first kappa shape index (κ1) is 19.1. The molecule has 2 aromatic rings. The van der Waals surface area contributed by atoms with Crippen LogP contribution in [0.1, 0.15) is 20.3 Å². The average Bonchev–Trinajstić information content (AvgIpc) is 3.04. The maximum Gasteiger partial charge on any atom is 0.266 e. The molecule has 136 valence electrons. The molecular weight excluding hydrogens is 366 g/mol. The molecule has 2 rings (SSSR count). The van der Waals surface area contributed by atoms with Gasteiger partial charge in [0.1, 0.15) is 0 Å². The van der Waals surface area contributed by atoms with Crippen molar-refractivity contribution in [3.8, 4) is 11.5 Å². The van der Waals surface area contributed by atoms with Gasteiger partial charge in [-0.1, -0.05) is 30.4 Å². The van der Waals surface area contributed by atoms with Crippen LogP contribution in [0.15, 0.2) is 28.6 Å². The van der Waals surface area contributed by atoms with Crippen molar-refractivity contribution in [2.75, 3.05) is 18.2 Å². The Morgan fingerprint density at radius 2 is 1.96 bits per heavy atom. The van der Waals surface area contributed by atoms with Crippen LogP contribution in [0.3, 0.4) is 0 Å². The van der Waals surface area contributed by atoms with E-state index in [0.717, 1.165) is 11.3 Å². The van der Waals surface area contributed by atoms with Gasteiger partial charge in [-0.3, -0.25) is 10.1 Å². The number of benzene rings is 1. The average molecular weight is 385 g/mol. The molecule has 0 saturated carbocycles. The second kappa shape index (κ2) is 8.26. The third kappa shape index (κ3) is 4.89. The number of hydrogen-bond acceptors (Lipinski definition) is 8. The Bertz CT molecular complexity index is 835. The zero-order chi connectivity index (χ0) is 18.4. The predicted molar refractivity (Wildman–Crippen MR) is 94.0 cm³/mol. The topological polar surface area (TPSA) is 107 Å². The van der Waals surface area contributed by atoms with Crippen molar-refractivity contribution in [1.82, 2.24) is 10.2 Å². The number of anilines is 1. The second-order valence-corrected chi connectivity index (χ2v) is 8.35. The SMILES string of the molecule is CCCS(=O)(=O)c1nnc(NC(=O)C(C)Oc2ccccc2OC)s1. The molecule has 0 spiro atoms. The van der Waals surface area contributed by atoms with Crippen LogP contribution in [0.5, 0.6) is 11.5 Å². The number of ether oxygens (including phenoxy) is 2. The van der Waals surface area contributed by atoms with Gasteiger partial charge < -0.3 is 9.47 Å². The van der Waals surface area contributed by atoms with Crippen molar-refractivity contribution in [2.45, 2.75) is 30.7 Å². The Balaban J connectivity index is 2.03. The second-order valence-electron chi connectivity index (χ2n) is 5.09. The highest BCUT2D eigenvalue weighted by Crippen LogP contribution is 2.27. The summed E-state index contributed by atoms with van der Waals surface area (Å²) in [6.45, 7) is 3.33. The van der Waals surface area contributed by atoms with Crippen molar-refractivity contribution in [3.05, 3.63) is 24.3 Å². The van der Waals surface area contributed by atoms with E-state index < -0.39 is 21.8 Å². The molecule has 1 heterocycles. The highest BCUT2D eigenvalue weighted by atomic mass is 32.2. The van der Waals surface area contributed by atoms with Gasteiger partial charge in [0.25, 0.3) is 5.91 Å². The Morgan fingerprint density at radius 1 is 1.28 bits per heavy atom. The van der Waals surface area contributed by atoms with E-state index in [1.54, 1.807) is 38.1 Å². The van der Waals surface area contributed by atoms with Gasteiger partial charge in [-0.05, 0) is 25.5 Å². The fraction of sp³-hybridized carbons (Fsp3) is 0.400. The van der Waals surface area contributed by atoms with Gasteiger partial charge in [0, 0.05) is 0 Å². The number of carbonyl (C=O) groups excluding carboxylic acids is 1. The summed E-state index contributed by atoms with van der Waals surface area (Å²) in [5, 5.41) is 9.96. The van der Waals surface area contributed by atoms with Crippen molar-refractivity contribution in [1.29, 1.82) is 0 Å².